The van der Waals surface area contributed by atoms with Crippen molar-refractivity contribution in [1.82, 2.24) is 15.5 Å². The van der Waals surface area contributed by atoms with Crippen molar-refractivity contribution >= 4 is 35.8 Å². The number of likely N-dealkylation sites (tertiary alicyclic amines) is 1. The van der Waals surface area contributed by atoms with Gasteiger partial charge in [0, 0.05) is 39.4 Å². The number of ether oxygens (including phenoxy) is 1. The zero-order chi connectivity index (χ0) is 19.0. The Morgan fingerprint density at radius 3 is 2.70 bits per heavy atom. The van der Waals surface area contributed by atoms with Crippen molar-refractivity contribution in [2.45, 2.75) is 52.4 Å². The maximum atomic E-state index is 11.3. The Balaban J connectivity index is 0.00000676. The smallest absolute Gasteiger partial charge is 0.221 e. The van der Waals surface area contributed by atoms with Gasteiger partial charge in [0.25, 0.3) is 0 Å². The first-order valence-electron chi connectivity index (χ1n) is 10.3. The van der Waals surface area contributed by atoms with Crippen LogP contribution < -0.4 is 16.4 Å². The van der Waals surface area contributed by atoms with Crippen LogP contribution in [0.2, 0.25) is 0 Å². The quantitative estimate of drug-likeness (QED) is 0.157. The van der Waals surface area contributed by atoms with Gasteiger partial charge in [-0.25, -0.2) is 0 Å². The Morgan fingerprint density at radius 1 is 1.22 bits per heavy atom. The molecular weight excluding hydrogens is 457 g/mol. The van der Waals surface area contributed by atoms with E-state index in [4.69, 9.17) is 10.5 Å². The molecule has 1 amide bonds. The van der Waals surface area contributed by atoms with Crippen molar-refractivity contribution in [3.63, 3.8) is 0 Å². The number of hydrogen-bond donors (Lipinski definition) is 3. The largest absolute Gasteiger partial charge is 0.381 e. The number of unbranched alkanes of at least 4 members (excludes halogenated alkanes) is 1. The zero-order valence-electron chi connectivity index (χ0n) is 17.2. The molecule has 27 heavy (non-hydrogen) atoms. The van der Waals surface area contributed by atoms with Crippen molar-refractivity contribution in [2.24, 2.45) is 16.6 Å². The lowest BCUT2D eigenvalue weighted by atomic mass is 9.97. The van der Waals surface area contributed by atoms with Crippen molar-refractivity contribution in [3.05, 3.63) is 0 Å². The molecular formula is C19H40IN5O2. The number of primary amides is 1. The lowest BCUT2D eigenvalue weighted by molar-refractivity contribution is -0.123. The molecule has 1 unspecified atom stereocenters. The van der Waals surface area contributed by atoms with Gasteiger partial charge in [-0.15, -0.1) is 24.0 Å². The van der Waals surface area contributed by atoms with Gasteiger partial charge in [0.15, 0.2) is 5.96 Å². The van der Waals surface area contributed by atoms with Gasteiger partial charge in [0.1, 0.15) is 0 Å². The summed E-state index contributed by atoms with van der Waals surface area (Å²) in [5.74, 6) is 0.734. The molecule has 7 nitrogen and oxygen atoms in total. The van der Waals surface area contributed by atoms with Gasteiger partial charge < -0.3 is 26.0 Å². The first-order valence-corrected chi connectivity index (χ1v) is 10.3. The van der Waals surface area contributed by atoms with E-state index in [-0.39, 0.29) is 35.8 Å². The number of nitrogens with zero attached hydrogens (tertiary/aromatic N) is 2. The number of nitrogens with one attached hydrogen (secondary N) is 2. The fraction of sp³-hybridized carbons (Fsp3) is 0.895. The molecule has 1 saturated heterocycles. The normalized spacial score (nSPS) is 18.0. The Morgan fingerprint density at radius 2 is 2.00 bits per heavy atom. The van der Waals surface area contributed by atoms with E-state index in [1.807, 2.05) is 0 Å². The second-order valence-electron chi connectivity index (χ2n) is 6.90. The highest BCUT2D eigenvalue weighted by Crippen LogP contribution is 2.15. The first kappa shape index (κ1) is 26.4. The van der Waals surface area contributed by atoms with E-state index in [2.05, 4.69) is 34.4 Å². The molecule has 0 spiro atoms. The number of guanidine groups is 1. The van der Waals surface area contributed by atoms with Crippen LogP contribution in [0.5, 0.6) is 0 Å². The molecule has 4 N–H and O–H groups in total. The third kappa shape index (κ3) is 13.2. The Labute approximate surface area is 182 Å². The first-order chi connectivity index (χ1) is 12.7. The van der Waals surface area contributed by atoms with Crippen LogP contribution in [-0.4, -0.2) is 69.2 Å². The summed E-state index contributed by atoms with van der Waals surface area (Å²) in [4.78, 5) is 18.3. The molecule has 0 saturated carbocycles. The van der Waals surface area contributed by atoms with E-state index in [1.54, 1.807) is 0 Å². The van der Waals surface area contributed by atoms with E-state index >= 15 is 0 Å². The molecule has 1 aliphatic heterocycles. The summed E-state index contributed by atoms with van der Waals surface area (Å²) >= 11 is 0. The standard InChI is InChI=1S/C19H39N5O2.HI/c1-3-5-14-26-15-8-11-23-19(21-4-2)22-10-7-13-24-12-6-9-17(16-24)18(20)25;/h17H,3-16H2,1-2H3,(H2,20,25)(H2,21,22,23);1H. The second-order valence-corrected chi connectivity index (χ2v) is 6.90. The van der Waals surface area contributed by atoms with Gasteiger partial charge in [-0.2, -0.15) is 0 Å². The topological polar surface area (TPSA) is 92.0 Å². The van der Waals surface area contributed by atoms with Gasteiger partial charge in [-0.1, -0.05) is 13.3 Å². The van der Waals surface area contributed by atoms with E-state index in [0.29, 0.717) is 0 Å². The van der Waals surface area contributed by atoms with Crippen molar-refractivity contribution in [2.75, 3.05) is 52.5 Å². The van der Waals surface area contributed by atoms with Crippen LogP contribution in [-0.2, 0) is 9.53 Å². The molecule has 0 aromatic carbocycles. The third-order valence-corrected chi connectivity index (χ3v) is 4.55. The highest BCUT2D eigenvalue weighted by atomic mass is 127. The van der Waals surface area contributed by atoms with Crippen LogP contribution in [0.25, 0.3) is 0 Å². The fourth-order valence-electron chi connectivity index (χ4n) is 3.05. The molecule has 0 aromatic heterocycles. The highest BCUT2D eigenvalue weighted by molar-refractivity contribution is 14.0. The van der Waals surface area contributed by atoms with Gasteiger partial charge in [-0.3, -0.25) is 9.79 Å². The molecule has 0 radical (unpaired) electrons. The summed E-state index contributed by atoms with van der Waals surface area (Å²) in [5, 5.41) is 6.66. The maximum Gasteiger partial charge on any atom is 0.221 e. The highest BCUT2D eigenvalue weighted by Gasteiger charge is 2.23. The van der Waals surface area contributed by atoms with Gasteiger partial charge in [0.05, 0.1) is 5.92 Å². The second kappa shape index (κ2) is 17.5. The fourth-order valence-corrected chi connectivity index (χ4v) is 3.05. The molecule has 8 heteroatoms. The van der Waals surface area contributed by atoms with Crippen LogP contribution in [0.3, 0.4) is 0 Å². The maximum absolute atomic E-state index is 11.3. The summed E-state index contributed by atoms with van der Waals surface area (Å²) < 4.78 is 5.56. The molecule has 1 heterocycles. The molecule has 1 aliphatic rings. The number of piperidine rings is 1. The van der Waals surface area contributed by atoms with Gasteiger partial charge in [0.2, 0.25) is 5.91 Å². The summed E-state index contributed by atoms with van der Waals surface area (Å²) in [6, 6.07) is 0. The van der Waals surface area contributed by atoms with Crippen LogP contribution in [0.15, 0.2) is 4.99 Å². The van der Waals surface area contributed by atoms with Crippen LogP contribution >= 0.6 is 24.0 Å². The monoisotopic (exact) mass is 497 g/mol. The van der Waals surface area contributed by atoms with E-state index in [9.17, 15) is 4.79 Å². The molecule has 160 valence electrons. The molecule has 1 atom stereocenters. The number of carbonyl (C=O) groups excluding carboxylic acids is 1. The molecule has 1 fully saturated rings. The summed E-state index contributed by atoms with van der Waals surface area (Å²) in [5.41, 5.74) is 5.44. The molecule has 1 rings (SSSR count). The number of rotatable bonds is 13. The number of aliphatic imine (C=N–C) groups is 1. The predicted molar refractivity (Wildman–Crippen MR) is 123 cm³/mol. The van der Waals surface area contributed by atoms with Gasteiger partial charge in [-0.05, 0) is 52.1 Å². The van der Waals surface area contributed by atoms with E-state index < -0.39 is 0 Å². The molecule has 0 bridgehead atoms. The molecule has 0 aliphatic carbocycles. The van der Waals surface area contributed by atoms with Crippen molar-refractivity contribution in [1.29, 1.82) is 0 Å². The van der Waals surface area contributed by atoms with Crippen molar-refractivity contribution < 1.29 is 9.53 Å². The average Bonchev–Trinajstić information content (AvgIpc) is 2.64. The lowest BCUT2D eigenvalue weighted by Crippen LogP contribution is -2.43. The SMILES string of the molecule is CCCCOCCCN=C(NCC)NCCCN1CCCC(C(N)=O)C1.I. The predicted octanol–water partition coefficient (Wildman–Crippen LogP) is 1.95. The number of amides is 1. The minimum atomic E-state index is -0.159. The summed E-state index contributed by atoms with van der Waals surface area (Å²) in [6.07, 6.45) is 6.27. The number of carbonyl (C=O) groups is 1. The number of halogens is 1. The van der Waals surface area contributed by atoms with Gasteiger partial charge >= 0.3 is 0 Å². The molecule has 0 aromatic rings. The average molecular weight is 497 g/mol. The Hall–Kier alpha value is -0.610. The van der Waals surface area contributed by atoms with Crippen LogP contribution in [0.1, 0.15) is 52.4 Å². The number of nitrogens with two attached hydrogens (primary N) is 1. The summed E-state index contributed by atoms with van der Waals surface area (Å²) in [6.45, 7) is 11.2. The Kier molecular flexibility index (Phi) is 17.1. The van der Waals surface area contributed by atoms with Crippen LogP contribution in [0, 0.1) is 5.92 Å². The minimum Gasteiger partial charge on any atom is -0.381 e. The minimum absolute atomic E-state index is 0. The third-order valence-electron chi connectivity index (χ3n) is 4.55. The van der Waals surface area contributed by atoms with Crippen molar-refractivity contribution in [3.8, 4) is 0 Å². The lowest BCUT2D eigenvalue weighted by Gasteiger charge is -2.31. The number of hydrogen-bond acceptors (Lipinski definition) is 4. The Bertz CT molecular complexity index is 410. The summed E-state index contributed by atoms with van der Waals surface area (Å²) in [7, 11) is 0. The van der Waals surface area contributed by atoms with Crippen LogP contribution in [0.4, 0.5) is 0 Å². The van der Waals surface area contributed by atoms with E-state index in [1.165, 1.54) is 6.42 Å². The van der Waals surface area contributed by atoms with E-state index in [0.717, 1.165) is 90.5 Å². The zero-order valence-corrected chi connectivity index (χ0v) is 19.5.